The standard InChI is InChI=1S/C5H12P2S/c1-6(2)5(8)7(3)4/h1-4H3. The highest BCUT2D eigenvalue weighted by molar-refractivity contribution is 8.17. The van der Waals surface area contributed by atoms with Crippen LogP contribution in [-0.4, -0.2) is 31.0 Å². The van der Waals surface area contributed by atoms with Gasteiger partial charge in [0, 0.05) is 4.35 Å². The Hall–Kier alpha value is 0.950. The van der Waals surface area contributed by atoms with Crippen LogP contribution in [0.5, 0.6) is 0 Å². The summed E-state index contributed by atoms with van der Waals surface area (Å²) in [4.78, 5) is 0. The molecule has 0 heterocycles. The van der Waals surface area contributed by atoms with Crippen LogP contribution in [-0.2, 0) is 0 Å². The topological polar surface area (TPSA) is 0 Å². The van der Waals surface area contributed by atoms with Gasteiger partial charge in [-0.15, -0.1) is 0 Å². The Kier molecular flexibility index (Phi) is 4.34. The molecule has 0 aliphatic heterocycles. The molecule has 8 heavy (non-hydrogen) atoms. The number of rotatable bonds is 2. The minimum Gasteiger partial charge on any atom is -0.0792 e. The van der Waals surface area contributed by atoms with Crippen LogP contribution in [0, 0.1) is 0 Å². The van der Waals surface area contributed by atoms with Crippen molar-refractivity contribution in [1.29, 1.82) is 0 Å². The molecule has 0 aromatic heterocycles. The Balaban J connectivity index is 3.65. The third kappa shape index (κ3) is 3.07. The lowest BCUT2D eigenvalue weighted by atomic mass is 11.8. The van der Waals surface area contributed by atoms with Crippen molar-refractivity contribution in [3.05, 3.63) is 0 Å². The number of hydrogen-bond donors (Lipinski definition) is 0. The SMILES string of the molecule is CP(C)C(=S)P(C)C. The first-order chi connectivity index (χ1) is 3.55. The minimum absolute atomic E-state index is 0.0592. The van der Waals surface area contributed by atoms with Gasteiger partial charge in [0.25, 0.3) is 0 Å². The molecule has 0 aromatic rings. The fourth-order valence-electron chi connectivity index (χ4n) is 0.400. The van der Waals surface area contributed by atoms with Crippen molar-refractivity contribution in [1.82, 2.24) is 0 Å². The van der Waals surface area contributed by atoms with Gasteiger partial charge in [-0.1, -0.05) is 28.1 Å². The van der Waals surface area contributed by atoms with E-state index in [2.05, 4.69) is 26.7 Å². The van der Waals surface area contributed by atoms with Gasteiger partial charge in [-0.3, -0.25) is 0 Å². The van der Waals surface area contributed by atoms with Crippen LogP contribution >= 0.6 is 28.1 Å². The van der Waals surface area contributed by atoms with E-state index in [1.54, 1.807) is 0 Å². The molecular formula is C5H12P2S. The molecule has 0 aliphatic rings. The lowest BCUT2D eigenvalue weighted by Gasteiger charge is -2.10. The summed E-state index contributed by atoms with van der Waals surface area (Å²) in [6.07, 6.45) is 0. The van der Waals surface area contributed by atoms with Crippen LogP contribution in [0.1, 0.15) is 0 Å². The summed E-state index contributed by atoms with van der Waals surface area (Å²) in [7, 11) is 0.118. The zero-order chi connectivity index (χ0) is 6.73. The molecule has 3 heteroatoms. The quantitative estimate of drug-likeness (QED) is 0.449. The molecule has 0 aliphatic carbocycles. The molecule has 0 saturated carbocycles. The van der Waals surface area contributed by atoms with Gasteiger partial charge in [-0.25, -0.2) is 0 Å². The van der Waals surface area contributed by atoms with E-state index in [4.69, 9.17) is 12.2 Å². The second-order valence-corrected chi connectivity index (χ2v) is 7.91. The maximum atomic E-state index is 5.16. The average Bonchev–Trinajstić information content (AvgIpc) is 1.64. The van der Waals surface area contributed by atoms with Crippen LogP contribution < -0.4 is 0 Å². The molecule has 0 bridgehead atoms. The van der Waals surface area contributed by atoms with Crippen LogP contribution in [0.2, 0.25) is 0 Å². The van der Waals surface area contributed by atoms with E-state index < -0.39 is 0 Å². The molecule has 0 N–H and O–H groups in total. The number of thiocarbonyl (C=S) groups is 1. The van der Waals surface area contributed by atoms with Gasteiger partial charge in [-0.2, -0.15) is 0 Å². The number of hydrogen-bond acceptors (Lipinski definition) is 1. The van der Waals surface area contributed by atoms with E-state index in [1.165, 1.54) is 4.35 Å². The van der Waals surface area contributed by atoms with Crippen molar-refractivity contribution in [2.75, 3.05) is 26.7 Å². The minimum atomic E-state index is 0.0592. The van der Waals surface area contributed by atoms with Crippen molar-refractivity contribution in [2.45, 2.75) is 0 Å². The van der Waals surface area contributed by atoms with Crippen molar-refractivity contribution in [3.8, 4) is 0 Å². The van der Waals surface area contributed by atoms with E-state index in [1.807, 2.05) is 0 Å². The van der Waals surface area contributed by atoms with Gasteiger partial charge in [-0.05, 0) is 26.7 Å². The maximum absolute atomic E-state index is 5.16. The monoisotopic (exact) mass is 166 g/mol. The maximum Gasteiger partial charge on any atom is 0.0380 e. The molecule has 0 aromatic carbocycles. The summed E-state index contributed by atoms with van der Waals surface area (Å²) in [6, 6.07) is 0. The molecule has 0 radical (unpaired) electrons. The highest BCUT2D eigenvalue weighted by Gasteiger charge is 2.04. The molecule has 48 valence electrons. The third-order valence-corrected chi connectivity index (χ3v) is 6.89. The molecule has 0 rings (SSSR count). The molecular weight excluding hydrogens is 154 g/mol. The molecule has 0 saturated heterocycles. The first-order valence-corrected chi connectivity index (χ1v) is 7.32. The average molecular weight is 166 g/mol. The first-order valence-electron chi connectivity index (χ1n) is 2.44. The van der Waals surface area contributed by atoms with Crippen molar-refractivity contribution in [2.24, 2.45) is 0 Å². The molecule has 0 fully saturated rings. The highest BCUT2D eigenvalue weighted by atomic mass is 32.1. The van der Waals surface area contributed by atoms with Crippen LogP contribution in [0.4, 0.5) is 0 Å². The Labute approximate surface area is 59.6 Å². The molecule has 0 amide bonds. The summed E-state index contributed by atoms with van der Waals surface area (Å²) < 4.78 is 1.31. The lowest BCUT2D eigenvalue weighted by Crippen LogP contribution is -1.84. The second kappa shape index (κ2) is 3.88. The van der Waals surface area contributed by atoms with Crippen LogP contribution in [0.25, 0.3) is 0 Å². The molecule has 0 atom stereocenters. The van der Waals surface area contributed by atoms with E-state index in [0.717, 1.165) is 0 Å². The van der Waals surface area contributed by atoms with E-state index in [0.29, 0.717) is 0 Å². The summed E-state index contributed by atoms with van der Waals surface area (Å²) in [5.41, 5.74) is 0. The third-order valence-electron chi connectivity index (χ3n) is 0.765. The predicted octanol–water partition coefficient (Wildman–Crippen LogP) is 2.75. The Morgan fingerprint density at radius 2 is 1.25 bits per heavy atom. The predicted molar refractivity (Wildman–Crippen MR) is 50.1 cm³/mol. The molecule has 0 spiro atoms. The summed E-state index contributed by atoms with van der Waals surface area (Å²) in [6.45, 7) is 8.89. The normalized spacial score (nSPS) is 10.8. The van der Waals surface area contributed by atoms with Crippen molar-refractivity contribution >= 4 is 32.4 Å². The zero-order valence-corrected chi connectivity index (χ0v) is 8.41. The molecule has 0 nitrogen and oxygen atoms in total. The van der Waals surface area contributed by atoms with Crippen LogP contribution in [0.15, 0.2) is 0 Å². The van der Waals surface area contributed by atoms with E-state index in [9.17, 15) is 0 Å². The van der Waals surface area contributed by atoms with Gasteiger partial charge in [0.15, 0.2) is 0 Å². The first kappa shape index (κ1) is 8.95. The zero-order valence-electron chi connectivity index (χ0n) is 5.80. The summed E-state index contributed by atoms with van der Waals surface area (Å²) in [5.74, 6) is 0. The van der Waals surface area contributed by atoms with Gasteiger partial charge < -0.3 is 0 Å². The Morgan fingerprint density at radius 1 is 1.00 bits per heavy atom. The highest BCUT2D eigenvalue weighted by Crippen LogP contribution is 2.44. The fourth-order valence-corrected chi connectivity index (χ4v) is 3.60. The smallest absolute Gasteiger partial charge is 0.0380 e. The Bertz CT molecular complexity index is 78.4. The summed E-state index contributed by atoms with van der Waals surface area (Å²) in [5, 5.41) is 0. The fraction of sp³-hybridized carbons (Fsp3) is 0.800. The largest absolute Gasteiger partial charge is 0.0792 e. The Morgan fingerprint density at radius 3 is 1.25 bits per heavy atom. The van der Waals surface area contributed by atoms with Crippen molar-refractivity contribution in [3.63, 3.8) is 0 Å². The van der Waals surface area contributed by atoms with E-state index >= 15 is 0 Å². The molecule has 0 unspecified atom stereocenters. The van der Waals surface area contributed by atoms with Gasteiger partial charge in [0.1, 0.15) is 0 Å². The lowest BCUT2D eigenvalue weighted by molar-refractivity contribution is 2.25. The van der Waals surface area contributed by atoms with Gasteiger partial charge >= 0.3 is 0 Å². The van der Waals surface area contributed by atoms with Gasteiger partial charge in [0.05, 0.1) is 0 Å². The van der Waals surface area contributed by atoms with Crippen molar-refractivity contribution < 1.29 is 0 Å². The van der Waals surface area contributed by atoms with E-state index in [-0.39, 0.29) is 15.8 Å². The van der Waals surface area contributed by atoms with Crippen LogP contribution in [0.3, 0.4) is 0 Å². The van der Waals surface area contributed by atoms with Gasteiger partial charge in [0.2, 0.25) is 0 Å². The second-order valence-electron chi connectivity index (χ2n) is 2.07. The summed E-state index contributed by atoms with van der Waals surface area (Å²) >= 11 is 5.16.